The van der Waals surface area contributed by atoms with Crippen molar-refractivity contribution in [3.05, 3.63) is 107 Å². The Morgan fingerprint density at radius 1 is 0.963 bits per heavy atom. The van der Waals surface area contributed by atoms with Gasteiger partial charge in [-0.15, -0.1) is 11.3 Å². The summed E-state index contributed by atoms with van der Waals surface area (Å²) in [6.07, 6.45) is 6.88. The third kappa shape index (κ3) is 13.2. The molecule has 1 aliphatic carbocycles. The van der Waals surface area contributed by atoms with Crippen LogP contribution in [0.25, 0.3) is 43.7 Å². The molecule has 1 saturated carbocycles. The average Bonchev–Trinajstić information content (AvgIpc) is 3.68. The Labute approximate surface area is 475 Å². The molecule has 2 aliphatic rings. The lowest BCUT2D eigenvalue weighted by molar-refractivity contribution is -0.145. The van der Waals surface area contributed by atoms with Crippen LogP contribution in [0.3, 0.4) is 0 Å². The molecule has 19 nitrogen and oxygen atoms in total. The Bertz CT molecular complexity index is 3600. The smallest absolute Gasteiger partial charge is 0.355 e. The molecule has 3 aromatic carbocycles. The fourth-order valence-electron chi connectivity index (χ4n) is 9.90. The molecule has 82 heavy (non-hydrogen) atoms. The molecule has 4 atom stereocenters. The highest BCUT2D eigenvalue weighted by Crippen LogP contribution is 2.42. The number of nitrogens with two attached hydrogens (primary N) is 1. The number of fused-ring (bicyclic) bond motifs is 1. The van der Waals surface area contributed by atoms with Crippen molar-refractivity contribution in [2.75, 3.05) is 23.6 Å². The van der Waals surface area contributed by atoms with Crippen molar-refractivity contribution in [2.45, 2.75) is 128 Å². The Kier molecular flexibility index (Phi) is 17.3. The number of rotatable bonds is 23. The van der Waals surface area contributed by atoms with Crippen molar-refractivity contribution in [1.82, 2.24) is 45.1 Å². The molecule has 1 aliphatic heterocycles. The van der Waals surface area contributed by atoms with Crippen molar-refractivity contribution < 1.29 is 54.9 Å². The maximum absolute atomic E-state index is 14.7. The number of benzene rings is 3. The van der Waals surface area contributed by atoms with E-state index in [9.17, 15) is 45.5 Å². The fraction of sp³-hybridized carbons (Fsp3) is 0.421. The Morgan fingerprint density at radius 2 is 1.68 bits per heavy atom. The Hall–Kier alpha value is -7.64. The number of nitrogens with zero attached hydrogens (tertiary/aromatic N) is 7. The first-order chi connectivity index (χ1) is 38.9. The summed E-state index contributed by atoms with van der Waals surface area (Å²) in [5.74, 6) is -5.46. The summed E-state index contributed by atoms with van der Waals surface area (Å²) in [4.78, 5) is 51.8. The zero-order valence-electron chi connectivity index (χ0n) is 46.1. The standard InChI is InChI=1S/C57H65F4N11O8S2/c1-32-49(81-31-65-32)36-11-12-37(26-64-52(74)43-25-40(73)30-72(43)53(75)50(56(3,4)5)67-54(76)57(61)19-20-57)44(24-36)79-22-10-8-7-9-21-71-29-38(27-66-71)41-28-63-51(62)46-47(68-70(6)48(41)46)35-15-18-42(69-82(77,78)55(59)60)45(23-35)80-33(2)34-13-16-39(58)17-14-34/h11-18,23-24,27-29,31,33,40,43,50,55,69,73H,7-10,19-22,25-26,30H2,1-6H3,(H2,62,63)(H,64,74)(H,67,76)/t33-,40+,43-,50+/m0/s1. The lowest BCUT2D eigenvalue weighted by atomic mass is 9.85. The van der Waals surface area contributed by atoms with Crippen molar-refractivity contribution in [3.8, 4) is 44.3 Å². The van der Waals surface area contributed by atoms with Crippen LogP contribution < -0.4 is 30.6 Å². The van der Waals surface area contributed by atoms with Crippen LogP contribution in [0.15, 0.2) is 84.8 Å². The van der Waals surface area contributed by atoms with Gasteiger partial charge in [0.1, 0.15) is 47.0 Å². The first kappa shape index (κ1) is 59.0. The SMILES string of the molecule is Cc1ncsc1-c1ccc(CNC(=O)[C@@H]2C[C@@H](O)CN2C(=O)[C@@H](NC(=O)C2(F)CC2)C(C)(C)C)c(OCCCCCCn2cc(-c3cnc(N)c4c(-c5ccc(NS(=O)(=O)C(F)F)c(O[C@@H](C)c6ccc(F)cc6)c5)nn(C)c34)cn2)c1. The molecule has 436 valence electrons. The topological polar surface area (TPSA) is 251 Å². The number of hydrogen-bond donors (Lipinski definition) is 5. The summed E-state index contributed by atoms with van der Waals surface area (Å²) in [5.41, 5.74) is 11.0. The number of thiazole rings is 1. The molecule has 0 spiro atoms. The summed E-state index contributed by atoms with van der Waals surface area (Å²) in [7, 11) is -3.36. The number of carbonyl (C=O) groups excluding carboxylic acids is 3. The zero-order valence-corrected chi connectivity index (χ0v) is 47.7. The number of aryl methyl sites for hydroxylation is 3. The molecular weight excluding hydrogens is 1110 g/mol. The number of aliphatic hydroxyl groups excluding tert-OH is 1. The molecule has 2 fully saturated rings. The van der Waals surface area contributed by atoms with Gasteiger partial charge in [0.05, 0.1) is 51.6 Å². The number of carbonyl (C=O) groups is 3. The molecule has 0 unspecified atom stereocenters. The van der Waals surface area contributed by atoms with Crippen molar-refractivity contribution in [2.24, 2.45) is 12.5 Å². The summed E-state index contributed by atoms with van der Waals surface area (Å²) >= 11 is 1.50. The minimum absolute atomic E-state index is 0.00566. The Balaban J connectivity index is 0.828. The maximum Gasteiger partial charge on any atom is 0.355 e. The van der Waals surface area contributed by atoms with Crippen LogP contribution in [0.5, 0.6) is 11.5 Å². The van der Waals surface area contributed by atoms with E-state index in [0.29, 0.717) is 57.8 Å². The monoisotopic (exact) mass is 1170 g/mol. The number of β-amino-alcohol motifs (C(OH)–C–C–N with tert-alkyl or cyclic N) is 1. The summed E-state index contributed by atoms with van der Waals surface area (Å²) < 4.78 is 98.0. The van der Waals surface area contributed by atoms with Gasteiger partial charge in [0.15, 0.2) is 5.67 Å². The highest BCUT2D eigenvalue weighted by atomic mass is 32.2. The predicted molar refractivity (Wildman–Crippen MR) is 302 cm³/mol. The number of pyridine rings is 1. The molecular formula is C57H65F4N11O8S2. The number of alkyl halides is 3. The number of amides is 3. The summed E-state index contributed by atoms with van der Waals surface area (Å²) in [5, 5.41) is 26.1. The van der Waals surface area contributed by atoms with E-state index in [2.05, 4.69) is 25.7 Å². The van der Waals surface area contributed by atoms with Gasteiger partial charge < -0.3 is 35.8 Å². The van der Waals surface area contributed by atoms with Gasteiger partial charge in [-0.2, -0.15) is 19.0 Å². The van der Waals surface area contributed by atoms with E-state index in [1.807, 2.05) is 40.7 Å². The molecule has 9 rings (SSSR count). The highest BCUT2D eigenvalue weighted by Gasteiger charge is 2.53. The summed E-state index contributed by atoms with van der Waals surface area (Å²) in [6.45, 7) is 9.75. The quantitative estimate of drug-likeness (QED) is 0.0297. The number of sulfonamides is 1. The summed E-state index contributed by atoms with van der Waals surface area (Å²) in [6, 6.07) is 13.3. The van der Waals surface area contributed by atoms with E-state index in [1.54, 1.807) is 57.3 Å². The number of ether oxygens (including phenoxy) is 2. The van der Waals surface area contributed by atoms with Gasteiger partial charge in [-0.1, -0.05) is 57.5 Å². The molecule has 5 heterocycles. The van der Waals surface area contributed by atoms with Crippen molar-refractivity contribution >= 4 is 61.5 Å². The zero-order chi connectivity index (χ0) is 58.8. The lowest BCUT2D eigenvalue weighted by Gasteiger charge is -2.35. The van der Waals surface area contributed by atoms with E-state index < -0.39 is 74.7 Å². The molecule has 7 aromatic rings. The van der Waals surface area contributed by atoms with Gasteiger partial charge in [0.25, 0.3) is 15.9 Å². The molecule has 4 aromatic heterocycles. The second-order valence-electron chi connectivity index (χ2n) is 21.9. The minimum atomic E-state index is -5.09. The molecule has 0 radical (unpaired) electrons. The second kappa shape index (κ2) is 24.1. The van der Waals surface area contributed by atoms with E-state index in [1.165, 1.54) is 58.7 Å². The van der Waals surface area contributed by atoms with Crippen molar-refractivity contribution in [3.63, 3.8) is 0 Å². The van der Waals surface area contributed by atoms with Gasteiger partial charge in [-0.3, -0.25) is 28.5 Å². The first-order valence-corrected chi connectivity index (χ1v) is 29.3. The van der Waals surface area contributed by atoms with E-state index in [0.717, 1.165) is 47.4 Å². The minimum Gasteiger partial charge on any atom is -0.493 e. The predicted octanol–water partition coefficient (Wildman–Crippen LogP) is 9.01. The van der Waals surface area contributed by atoms with E-state index >= 15 is 0 Å². The van der Waals surface area contributed by atoms with Crippen LogP contribution in [0.4, 0.5) is 29.1 Å². The number of nitrogen functional groups attached to an aromatic ring is 1. The number of unbranched alkanes of at least 4 members (excludes halogenated alkanes) is 3. The van der Waals surface area contributed by atoms with Crippen LogP contribution in [0.2, 0.25) is 0 Å². The van der Waals surface area contributed by atoms with Crippen LogP contribution in [0.1, 0.15) is 95.6 Å². The van der Waals surface area contributed by atoms with Crippen molar-refractivity contribution in [1.29, 1.82) is 0 Å². The van der Waals surface area contributed by atoms with Crippen LogP contribution in [-0.2, 0) is 44.5 Å². The average molecular weight is 1170 g/mol. The van der Waals surface area contributed by atoms with E-state index in [-0.39, 0.29) is 49.6 Å². The van der Waals surface area contributed by atoms with Crippen LogP contribution >= 0.6 is 11.3 Å². The largest absolute Gasteiger partial charge is 0.493 e. The third-order valence-corrected chi connectivity index (χ3v) is 16.6. The maximum atomic E-state index is 14.7. The fourth-order valence-corrected chi connectivity index (χ4v) is 11.3. The molecule has 0 bridgehead atoms. The number of anilines is 2. The normalized spacial score (nSPS) is 16.8. The highest BCUT2D eigenvalue weighted by molar-refractivity contribution is 7.93. The van der Waals surface area contributed by atoms with Gasteiger partial charge >= 0.3 is 5.76 Å². The number of aromatic nitrogens is 6. The number of aliphatic hydroxyl groups is 1. The van der Waals surface area contributed by atoms with Gasteiger partial charge in [-0.25, -0.2) is 27.2 Å². The lowest BCUT2D eigenvalue weighted by Crippen LogP contribution is -2.59. The van der Waals surface area contributed by atoms with Gasteiger partial charge in [0.2, 0.25) is 11.8 Å². The molecule has 6 N–H and O–H groups in total. The molecule has 3 amide bonds. The van der Waals surface area contributed by atoms with Crippen LogP contribution in [0, 0.1) is 18.2 Å². The number of hydrogen-bond acceptors (Lipinski definition) is 14. The second-order valence-corrected chi connectivity index (χ2v) is 24.4. The third-order valence-electron chi connectivity index (χ3n) is 14.6. The van der Waals surface area contributed by atoms with Gasteiger partial charge in [0, 0.05) is 67.8 Å². The number of halogens is 4. The molecule has 1 saturated heterocycles. The number of nitrogens with one attached hydrogen (secondary N) is 3. The Morgan fingerprint density at radius 3 is 2.38 bits per heavy atom. The first-order valence-electron chi connectivity index (χ1n) is 26.8. The molecule has 25 heteroatoms. The van der Waals surface area contributed by atoms with E-state index in [4.69, 9.17) is 20.3 Å². The number of likely N-dealkylation sites (tertiary alicyclic amines) is 1. The van der Waals surface area contributed by atoms with Crippen LogP contribution in [-0.4, -0.2) is 108 Å². The van der Waals surface area contributed by atoms with Gasteiger partial charge in [-0.05, 0) is 92.8 Å².